The number of halogens is 2. The van der Waals surface area contributed by atoms with E-state index >= 15 is 0 Å². The number of esters is 1. The number of carboxylic acids is 1. The maximum absolute atomic E-state index is 14.3. The number of hydrogen-bond donors (Lipinski definition) is 5. The summed E-state index contributed by atoms with van der Waals surface area (Å²) in [4.78, 5) is 80.0. The Hall–Kier alpha value is -4.30. The van der Waals surface area contributed by atoms with Gasteiger partial charge in [0, 0.05) is 19.5 Å². The highest BCUT2D eigenvalue weighted by Crippen LogP contribution is 2.65. The first-order valence-corrected chi connectivity index (χ1v) is 17.6. The number of hydrogen-bond acceptors (Lipinski definition) is 7. The summed E-state index contributed by atoms with van der Waals surface area (Å²) in [5.41, 5.74) is -1.18. The predicted molar refractivity (Wildman–Crippen MR) is 188 cm³/mol. The summed E-state index contributed by atoms with van der Waals surface area (Å²) in [7, 11) is 0. The Morgan fingerprint density at radius 1 is 0.962 bits per heavy atom. The summed E-state index contributed by atoms with van der Waals surface area (Å²) in [5.74, 6) is -4.58. The number of ether oxygens (including phenoxy) is 1. The van der Waals surface area contributed by atoms with Crippen LogP contribution in [-0.4, -0.2) is 95.0 Å². The van der Waals surface area contributed by atoms with E-state index in [9.17, 15) is 37.5 Å². The molecule has 1 aliphatic carbocycles. The molecule has 0 radical (unpaired) electrons. The summed E-state index contributed by atoms with van der Waals surface area (Å²) in [6.45, 7) is 18.0. The number of rotatable bonds is 14. The Kier molecular flexibility index (Phi) is 13.1. The molecule has 52 heavy (non-hydrogen) atoms. The normalized spacial score (nSPS) is 21.0. The molecule has 6 atom stereocenters. The van der Waals surface area contributed by atoms with Crippen molar-refractivity contribution >= 4 is 35.7 Å². The molecule has 5 amide bonds. The number of carbonyl (C=O) groups is 6. The summed E-state index contributed by atoms with van der Waals surface area (Å²) < 4.78 is 32.8. The molecule has 1 aromatic rings. The van der Waals surface area contributed by atoms with E-state index in [1.54, 1.807) is 67.5 Å². The second kappa shape index (κ2) is 16.2. The Morgan fingerprint density at radius 2 is 1.56 bits per heavy atom. The van der Waals surface area contributed by atoms with Gasteiger partial charge in [0.2, 0.25) is 24.1 Å². The summed E-state index contributed by atoms with van der Waals surface area (Å²) in [5, 5.41) is 19.5. The van der Waals surface area contributed by atoms with Crippen LogP contribution in [0.3, 0.4) is 0 Å². The van der Waals surface area contributed by atoms with Gasteiger partial charge in [-0.05, 0) is 73.5 Å². The number of likely N-dealkylation sites (tertiary alicyclic amines) is 1. The molecule has 2 fully saturated rings. The SMILES string of the molecule is CC(C)[C@H](NC(=O)N[C@H](C(=O)N1C[C@H]2[C@@H]([C@H]1C(=O)N[C@@H](CC(F)F)C(=O)NCCc1ccc(C(=O)O)cc1)C2(C)C)C(C)(C)C)C(=O)OC(C)(C)C. The van der Waals surface area contributed by atoms with E-state index in [0.29, 0.717) is 5.56 Å². The highest BCUT2D eigenvalue weighted by atomic mass is 19.3. The predicted octanol–water partition coefficient (Wildman–Crippen LogP) is 3.75. The minimum Gasteiger partial charge on any atom is -0.478 e. The highest BCUT2D eigenvalue weighted by Gasteiger charge is 2.70. The van der Waals surface area contributed by atoms with E-state index in [-0.39, 0.29) is 48.2 Å². The summed E-state index contributed by atoms with van der Waals surface area (Å²) in [6.07, 6.45) is -3.59. The third kappa shape index (κ3) is 10.6. The fraction of sp³-hybridized carbons (Fsp3) is 0.676. The zero-order valence-electron chi connectivity index (χ0n) is 31.8. The van der Waals surface area contributed by atoms with Crippen molar-refractivity contribution in [1.82, 2.24) is 26.2 Å². The van der Waals surface area contributed by atoms with Gasteiger partial charge in [0.1, 0.15) is 29.8 Å². The molecule has 1 saturated heterocycles. The number of fused-ring (bicyclic) bond motifs is 1. The summed E-state index contributed by atoms with van der Waals surface area (Å²) in [6, 6.07) is 0.370. The van der Waals surface area contributed by atoms with Crippen LogP contribution in [0, 0.1) is 28.6 Å². The van der Waals surface area contributed by atoms with Crippen molar-refractivity contribution in [2.75, 3.05) is 13.1 Å². The van der Waals surface area contributed by atoms with Crippen molar-refractivity contribution < 1.29 is 47.4 Å². The molecule has 0 aromatic heterocycles. The van der Waals surface area contributed by atoms with E-state index in [0.717, 1.165) is 0 Å². The first-order valence-electron chi connectivity index (χ1n) is 17.6. The van der Waals surface area contributed by atoms with Crippen molar-refractivity contribution in [2.45, 2.75) is 118 Å². The number of amides is 5. The third-order valence-electron chi connectivity index (χ3n) is 9.72. The Labute approximate surface area is 304 Å². The molecule has 0 unspecified atom stereocenters. The molecule has 290 valence electrons. The van der Waals surface area contributed by atoms with Crippen LogP contribution in [0.5, 0.6) is 0 Å². The van der Waals surface area contributed by atoms with Gasteiger partial charge in [-0.25, -0.2) is 23.2 Å². The highest BCUT2D eigenvalue weighted by molar-refractivity contribution is 5.96. The zero-order chi connectivity index (χ0) is 39.5. The van der Waals surface area contributed by atoms with Gasteiger partial charge < -0.3 is 36.0 Å². The largest absolute Gasteiger partial charge is 0.478 e. The number of piperidine rings is 1. The zero-order valence-corrected chi connectivity index (χ0v) is 31.8. The molecular weight excluding hydrogens is 680 g/mol. The Balaban J connectivity index is 1.77. The van der Waals surface area contributed by atoms with Crippen LogP contribution >= 0.6 is 0 Å². The second-order valence-corrected chi connectivity index (χ2v) is 16.8. The maximum atomic E-state index is 14.3. The van der Waals surface area contributed by atoms with Gasteiger partial charge in [-0.15, -0.1) is 0 Å². The Morgan fingerprint density at radius 3 is 2.06 bits per heavy atom. The monoisotopic (exact) mass is 735 g/mol. The Bertz CT molecular complexity index is 1500. The van der Waals surface area contributed by atoms with Crippen LogP contribution < -0.4 is 21.3 Å². The van der Waals surface area contributed by atoms with Crippen molar-refractivity contribution in [3.63, 3.8) is 0 Å². The van der Waals surface area contributed by atoms with E-state index in [4.69, 9.17) is 9.84 Å². The quantitative estimate of drug-likeness (QED) is 0.179. The molecule has 5 N–H and O–H groups in total. The topological polar surface area (TPSA) is 183 Å². The number of benzene rings is 1. The lowest BCUT2D eigenvalue weighted by molar-refractivity contribution is -0.158. The number of nitrogens with zero attached hydrogens (tertiary/aromatic N) is 1. The second-order valence-electron chi connectivity index (χ2n) is 16.8. The molecule has 1 aromatic carbocycles. The minimum atomic E-state index is -2.92. The number of urea groups is 1. The van der Waals surface area contributed by atoms with E-state index in [1.807, 2.05) is 13.8 Å². The molecule has 3 rings (SSSR count). The van der Waals surface area contributed by atoms with Gasteiger partial charge in [0.25, 0.3) is 0 Å². The number of carboxylic acid groups (broad SMARTS) is 1. The van der Waals surface area contributed by atoms with Gasteiger partial charge in [0.05, 0.1) is 5.56 Å². The average molecular weight is 736 g/mol. The number of alkyl halides is 2. The lowest BCUT2D eigenvalue weighted by Crippen LogP contribution is -2.62. The van der Waals surface area contributed by atoms with Gasteiger partial charge in [-0.3, -0.25) is 14.4 Å². The van der Waals surface area contributed by atoms with Gasteiger partial charge in [-0.1, -0.05) is 60.6 Å². The molecule has 15 heteroatoms. The number of carbonyl (C=O) groups excluding carboxylic acids is 5. The summed E-state index contributed by atoms with van der Waals surface area (Å²) >= 11 is 0. The van der Waals surface area contributed by atoms with Crippen LogP contribution in [-0.2, 0) is 30.3 Å². The van der Waals surface area contributed by atoms with Crippen molar-refractivity contribution in [2.24, 2.45) is 28.6 Å². The lowest BCUT2D eigenvalue weighted by atomic mass is 9.85. The standard InChI is InChI=1S/C37H55F2N5O8/c1-19(2)26(33(50)52-36(6,7)8)42-34(51)43-28(35(3,4)5)31(47)44-18-22-25(37(22,9)10)27(44)30(46)41-23(17-24(38)39)29(45)40-16-15-20-11-13-21(14-12-20)32(48)49/h11-14,19,22-28H,15-18H2,1-10H3,(H,40,45)(H,41,46)(H,48,49)(H2,42,43,51)/t22-,23-,25-,26-,27-,28+/m0/s1. The van der Waals surface area contributed by atoms with Gasteiger partial charge in [0.15, 0.2) is 0 Å². The molecule has 2 aliphatic rings. The molecule has 0 bridgehead atoms. The first kappa shape index (κ1) is 42.1. The van der Waals surface area contributed by atoms with Crippen molar-refractivity contribution in [3.8, 4) is 0 Å². The number of aromatic carboxylic acids is 1. The van der Waals surface area contributed by atoms with Crippen LogP contribution in [0.2, 0.25) is 0 Å². The first-order chi connectivity index (χ1) is 23.8. The van der Waals surface area contributed by atoms with Crippen molar-refractivity contribution in [3.05, 3.63) is 35.4 Å². The van der Waals surface area contributed by atoms with E-state index in [1.165, 1.54) is 17.0 Å². The number of nitrogens with one attached hydrogen (secondary N) is 4. The lowest BCUT2D eigenvalue weighted by Gasteiger charge is -2.38. The van der Waals surface area contributed by atoms with Crippen LogP contribution in [0.4, 0.5) is 13.6 Å². The molecule has 1 heterocycles. The molecule has 0 spiro atoms. The average Bonchev–Trinajstić information content (AvgIpc) is 3.31. The minimum absolute atomic E-state index is 0.0409. The molecule has 1 aliphatic heterocycles. The van der Waals surface area contributed by atoms with Gasteiger partial charge >= 0.3 is 18.0 Å². The maximum Gasteiger partial charge on any atom is 0.335 e. The fourth-order valence-corrected chi connectivity index (χ4v) is 6.74. The smallest absolute Gasteiger partial charge is 0.335 e. The van der Waals surface area contributed by atoms with Gasteiger partial charge in [-0.2, -0.15) is 0 Å². The third-order valence-corrected chi connectivity index (χ3v) is 9.72. The van der Waals surface area contributed by atoms with Crippen molar-refractivity contribution in [1.29, 1.82) is 0 Å². The molecule has 13 nitrogen and oxygen atoms in total. The van der Waals surface area contributed by atoms with Crippen LogP contribution in [0.25, 0.3) is 0 Å². The molecule has 1 saturated carbocycles. The van der Waals surface area contributed by atoms with E-state index < -0.39 is 83.7 Å². The van der Waals surface area contributed by atoms with Crippen LogP contribution in [0.15, 0.2) is 24.3 Å². The van der Waals surface area contributed by atoms with Crippen LogP contribution in [0.1, 0.15) is 91.6 Å². The van der Waals surface area contributed by atoms with E-state index in [2.05, 4.69) is 21.3 Å². The fourth-order valence-electron chi connectivity index (χ4n) is 6.74. The molecular formula is C37H55F2N5O8.